The number of ether oxygens (including phenoxy) is 2. The highest BCUT2D eigenvalue weighted by Crippen LogP contribution is 2.32. The number of nitrogens with zero attached hydrogens (tertiary/aromatic N) is 4. The number of para-hydroxylation sites is 1. The smallest absolute Gasteiger partial charge is 0.257 e. The van der Waals surface area contributed by atoms with Crippen LogP contribution < -0.4 is 14.4 Å². The fraction of sp³-hybridized carbons (Fsp3) is 0.346. The molecule has 0 aliphatic carbocycles. The monoisotopic (exact) mass is 446 g/mol. The average Bonchev–Trinajstić information content (AvgIpc) is 2.85. The van der Waals surface area contributed by atoms with E-state index in [2.05, 4.69) is 48.0 Å². The lowest BCUT2D eigenvalue weighted by molar-refractivity contribution is 0.0742. The van der Waals surface area contributed by atoms with E-state index in [1.165, 1.54) is 16.7 Å². The number of aromatic nitrogens is 2. The molecule has 172 valence electrons. The quantitative estimate of drug-likeness (QED) is 0.589. The van der Waals surface area contributed by atoms with Crippen molar-refractivity contribution in [2.45, 2.75) is 20.8 Å². The number of hydrogen-bond donors (Lipinski definition) is 0. The van der Waals surface area contributed by atoms with Gasteiger partial charge in [-0.3, -0.25) is 4.79 Å². The third-order valence-corrected chi connectivity index (χ3v) is 6.29. The van der Waals surface area contributed by atoms with E-state index in [4.69, 9.17) is 9.47 Å². The second-order valence-electron chi connectivity index (χ2n) is 8.35. The maximum absolute atomic E-state index is 13.1. The number of carbonyl (C=O) groups is 1. The van der Waals surface area contributed by atoms with Crippen LogP contribution in [0.2, 0.25) is 0 Å². The summed E-state index contributed by atoms with van der Waals surface area (Å²) in [5.74, 6) is 1.79. The molecule has 0 N–H and O–H groups in total. The van der Waals surface area contributed by atoms with Gasteiger partial charge in [-0.25, -0.2) is 0 Å². The lowest BCUT2D eigenvalue weighted by Gasteiger charge is -2.35. The lowest BCUT2D eigenvalue weighted by Crippen LogP contribution is -2.49. The van der Waals surface area contributed by atoms with E-state index in [0.29, 0.717) is 43.2 Å². The van der Waals surface area contributed by atoms with E-state index in [9.17, 15) is 4.79 Å². The third kappa shape index (κ3) is 4.49. The Morgan fingerprint density at radius 2 is 1.58 bits per heavy atom. The standard InChI is InChI=1S/C26H30N4O3/c1-17-15-19(3)21(16-18(17)2)22-9-10-24(28-27-22)29-11-13-30(14-12-29)26(31)20-7-6-8-23(32-4)25(20)33-5/h6-10,15-16H,11-14H2,1-5H3. The third-order valence-electron chi connectivity index (χ3n) is 6.29. The minimum atomic E-state index is -0.0583. The number of anilines is 1. The number of methoxy groups -OCH3 is 2. The summed E-state index contributed by atoms with van der Waals surface area (Å²) in [5.41, 5.74) is 6.21. The Bertz CT molecular complexity index is 1150. The van der Waals surface area contributed by atoms with Crippen LogP contribution in [0, 0.1) is 20.8 Å². The van der Waals surface area contributed by atoms with Gasteiger partial charge in [0.15, 0.2) is 17.3 Å². The highest BCUT2D eigenvalue weighted by atomic mass is 16.5. The first-order valence-electron chi connectivity index (χ1n) is 11.1. The number of rotatable bonds is 5. The van der Waals surface area contributed by atoms with Crippen LogP contribution in [0.15, 0.2) is 42.5 Å². The molecular formula is C26H30N4O3. The Labute approximate surface area is 195 Å². The molecule has 0 unspecified atom stereocenters. The van der Waals surface area contributed by atoms with Crippen LogP contribution in [-0.2, 0) is 0 Å². The number of aryl methyl sites for hydroxylation is 3. The number of hydrogen-bond acceptors (Lipinski definition) is 6. The first kappa shape index (κ1) is 22.6. The van der Waals surface area contributed by atoms with Crippen LogP contribution in [0.25, 0.3) is 11.3 Å². The van der Waals surface area contributed by atoms with Crippen molar-refractivity contribution in [3.05, 3.63) is 64.7 Å². The Hall–Kier alpha value is -3.61. The fourth-order valence-electron chi connectivity index (χ4n) is 4.24. The molecule has 1 amide bonds. The van der Waals surface area contributed by atoms with Crippen molar-refractivity contribution in [1.82, 2.24) is 15.1 Å². The largest absolute Gasteiger partial charge is 0.493 e. The van der Waals surface area contributed by atoms with Gasteiger partial charge >= 0.3 is 0 Å². The molecule has 2 heterocycles. The molecule has 0 radical (unpaired) electrons. The molecule has 1 aromatic heterocycles. The van der Waals surface area contributed by atoms with Gasteiger partial charge in [0.2, 0.25) is 0 Å². The summed E-state index contributed by atoms with van der Waals surface area (Å²) in [4.78, 5) is 17.1. The summed E-state index contributed by atoms with van der Waals surface area (Å²) < 4.78 is 10.8. The van der Waals surface area contributed by atoms with Gasteiger partial charge < -0.3 is 19.3 Å². The Morgan fingerprint density at radius 3 is 2.21 bits per heavy atom. The van der Waals surface area contributed by atoms with E-state index >= 15 is 0 Å². The van der Waals surface area contributed by atoms with Crippen LogP contribution in [-0.4, -0.2) is 61.4 Å². The molecule has 0 bridgehead atoms. The van der Waals surface area contributed by atoms with E-state index in [-0.39, 0.29) is 5.91 Å². The zero-order valence-corrected chi connectivity index (χ0v) is 19.9. The molecule has 1 saturated heterocycles. The maximum Gasteiger partial charge on any atom is 0.257 e. The van der Waals surface area contributed by atoms with Gasteiger partial charge in [0, 0.05) is 31.7 Å². The predicted molar refractivity (Wildman–Crippen MR) is 129 cm³/mol. The number of benzene rings is 2. The van der Waals surface area contributed by atoms with Gasteiger partial charge in [0.05, 0.1) is 25.5 Å². The molecule has 3 aromatic rings. The van der Waals surface area contributed by atoms with Gasteiger partial charge in [-0.1, -0.05) is 12.1 Å². The van der Waals surface area contributed by atoms with Crippen molar-refractivity contribution in [3.63, 3.8) is 0 Å². The Balaban J connectivity index is 1.44. The highest BCUT2D eigenvalue weighted by molar-refractivity contribution is 5.98. The summed E-state index contributed by atoms with van der Waals surface area (Å²) >= 11 is 0. The van der Waals surface area contributed by atoms with Crippen molar-refractivity contribution >= 4 is 11.7 Å². The molecule has 1 aliphatic heterocycles. The predicted octanol–water partition coefficient (Wildman–Crippen LogP) is 4.05. The summed E-state index contributed by atoms with van der Waals surface area (Å²) in [6.07, 6.45) is 0. The minimum absolute atomic E-state index is 0.0583. The number of amides is 1. The van der Waals surface area contributed by atoms with E-state index < -0.39 is 0 Å². The van der Waals surface area contributed by atoms with Crippen LogP contribution in [0.1, 0.15) is 27.0 Å². The van der Waals surface area contributed by atoms with Crippen molar-refractivity contribution in [2.75, 3.05) is 45.3 Å². The second-order valence-corrected chi connectivity index (χ2v) is 8.35. The van der Waals surface area contributed by atoms with Gasteiger partial charge in [-0.2, -0.15) is 0 Å². The van der Waals surface area contributed by atoms with Gasteiger partial charge in [0.1, 0.15) is 0 Å². The highest BCUT2D eigenvalue weighted by Gasteiger charge is 2.26. The number of piperazine rings is 1. The molecule has 4 rings (SSSR count). The number of carbonyl (C=O) groups excluding carboxylic acids is 1. The average molecular weight is 447 g/mol. The molecule has 0 spiro atoms. The van der Waals surface area contributed by atoms with Crippen molar-refractivity contribution in [2.24, 2.45) is 0 Å². The SMILES string of the molecule is COc1cccc(C(=O)N2CCN(c3ccc(-c4cc(C)c(C)cc4C)nn3)CC2)c1OC. The first-order valence-corrected chi connectivity index (χ1v) is 11.1. The lowest BCUT2D eigenvalue weighted by atomic mass is 9.99. The van der Waals surface area contributed by atoms with E-state index in [0.717, 1.165) is 17.1 Å². The zero-order valence-electron chi connectivity index (χ0n) is 19.9. The summed E-state index contributed by atoms with van der Waals surface area (Å²) in [6, 6.07) is 13.8. The molecule has 0 atom stereocenters. The molecule has 7 heteroatoms. The van der Waals surface area contributed by atoms with E-state index in [1.807, 2.05) is 17.0 Å². The Morgan fingerprint density at radius 1 is 0.848 bits per heavy atom. The molecule has 33 heavy (non-hydrogen) atoms. The van der Waals surface area contributed by atoms with Gasteiger partial charge in [-0.05, 0) is 67.8 Å². The van der Waals surface area contributed by atoms with Crippen molar-refractivity contribution in [3.8, 4) is 22.8 Å². The molecule has 0 saturated carbocycles. The summed E-state index contributed by atoms with van der Waals surface area (Å²) in [7, 11) is 3.12. The van der Waals surface area contributed by atoms with Crippen LogP contribution in [0.3, 0.4) is 0 Å². The maximum atomic E-state index is 13.1. The molecule has 1 aliphatic rings. The van der Waals surface area contributed by atoms with Gasteiger partial charge in [0.25, 0.3) is 5.91 Å². The second kappa shape index (κ2) is 9.48. The van der Waals surface area contributed by atoms with Crippen LogP contribution in [0.4, 0.5) is 5.82 Å². The fourth-order valence-corrected chi connectivity index (χ4v) is 4.24. The molecule has 2 aromatic carbocycles. The normalized spacial score (nSPS) is 13.7. The molecule has 7 nitrogen and oxygen atoms in total. The topological polar surface area (TPSA) is 67.8 Å². The van der Waals surface area contributed by atoms with E-state index in [1.54, 1.807) is 32.4 Å². The minimum Gasteiger partial charge on any atom is -0.493 e. The van der Waals surface area contributed by atoms with Crippen LogP contribution >= 0.6 is 0 Å². The summed E-state index contributed by atoms with van der Waals surface area (Å²) in [6.45, 7) is 8.91. The van der Waals surface area contributed by atoms with Crippen molar-refractivity contribution in [1.29, 1.82) is 0 Å². The van der Waals surface area contributed by atoms with Gasteiger partial charge in [-0.15, -0.1) is 10.2 Å². The Kier molecular flexibility index (Phi) is 6.49. The summed E-state index contributed by atoms with van der Waals surface area (Å²) in [5, 5.41) is 8.98. The van der Waals surface area contributed by atoms with Crippen molar-refractivity contribution < 1.29 is 14.3 Å². The zero-order chi connectivity index (χ0) is 23.5. The molecular weight excluding hydrogens is 416 g/mol. The first-order chi connectivity index (χ1) is 15.9. The van der Waals surface area contributed by atoms with Crippen LogP contribution in [0.5, 0.6) is 11.5 Å². The molecule has 1 fully saturated rings.